The Hall–Kier alpha value is -1.69. The molecule has 0 aromatic carbocycles. The molecule has 14 heavy (non-hydrogen) atoms. The quantitative estimate of drug-likeness (QED) is 0.717. The van der Waals surface area contributed by atoms with Crippen molar-refractivity contribution in [1.29, 1.82) is 0 Å². The number of aromatic nitrogens is 5. The van der Waals surface area contributed by atoms with Crippen LogP contribution in [0, 0.1) is 6.92 Å². The van der Waals surface area contributed by atoms with Gasteiger partial charge in [0, 0.05) is 7.05 Å². The fraction of sp³-hybridized carbons (Fsp3) is 0.375. The minimum Gasteiger partial charge on any atom is -0.390 e. The van der Waals surface area contributed by atoms with E-state index in [-0.39, 0.29) is 6.61 Å². The van der Waals surface area contributed by atoms with Gasteiger partial charge in [-0.1, -0.05) is 5.21 Å². The van der Waals surface area contributed by atoms with E-state index in [0.717, 1.165) is 11.4 Å². The molecule has 0 radical (unpaired) electrons. The molecule has 6 nitrogen and oxygen atoms in total. The number of aliphatic hydroxyl groups is 1. The van der Waals surface area contributed by atoms with Gasteiger partial charge in [0.25, 0.3) is 0 Å². The van der Waals surface area contributed by atoms with Gasteiger partial charge in [-0.05, 0) is 6.92 Å². The summed E-state index contributed by atoms with van der Waals surface area (Å²) in [6.07, 6.45) is 3.54. The van der Waals surface area contributed by atoms with E-state index in [9.17, 15) is 0 Å². The second-order valence-electron chi connectivity index (χ2n) is 3.09. The predicted molar refractivity (Wildman–Crippen MR) is 48.8 cm³/mol. The maximum atomic E-state index is 8.84. The molecule has 0 saturated carbocycles. The largest absolute Gasteiger partial charge is 0.390 e. The second kappa shape index (κ2) is 3.22. The number of hydrogen-bond donors (Lipinski definition) is 1. The normalized spacial score (nSPS) is 10.8. The molecular formula is C8H11N5O. The number of nitrogens with zero attached hydrogens (tertiary/aromatic N) is 5. The summed E-state index contributed by atoms with van der Waals surface area (Å²) in [5.74, 6) is 0. The molecule has 1 N–H and O–H groups in total. The summed E-state index contributed by atoms with van der Waals surface area (Å²) in [5.41, 5.74) is 2.30. The lowest BCUT2D eigenvalue weighted by atomic mass is 10.4. The van der Waals surface area contributed by atoms with Crippen LogP contribution in [0.3, 0.4) is 0 Å². The van der Waals surface area contributed by atoms with Gasteiger partial charge in [0.1, 0.15) is 11.4 Å². The summed E-state index contributed by atoms with van der Waals surface area (Å²) in [7, 11) is 1.85. The maximum absolute atomic E-state index is 8.84. The molecule has 6 heteroatoms. The van der Waals surface area contributed by atoms with Crippen molar-refractivity contribution in [3.8, 4) is 5.69 Å². The first-order valence-electron chi connectivity index (χ1n) is 4.23. The van der Waals surface area contributed by atoms with Crippen molar-refractivity contribution in [1.82, 2.24) is 24.8 Å². The Labute approximate surface area is 80.8 Å². The lowest BCUT2D eigenvalue weighted by Crippen LogP contribution is -1.95. The molecule has 2 aromatic heterocycles. The van der Waals surface area contributed by atoms with Crippen molar-refractivity contribution in [2.45, 2.75) is 13.5 Å². The summed E-state index contributed by atoms with van der Waals surface area (Å²) in [6, 6.07) is 0. The third-order valence-electron chi connectivity index (χ3n) is 1.94. The van der Waals surface area contributed by atoms with E-state index in [1.165, 1.54) is 0 Å². The lowest BCUT2D eigenvalue weighted by molar-refractivity contribution is 0.276. The molecule has 0 atom stereocenters. The Morgan fingerprint density at radius 2 is 2.21 bits per heavy atom. The topological polar surface area (TPSA) is 68.8 Å². The maximum Gasteiger partial charge on any atom is 0.109 e. The van der Waals surface area contributed by atoms with E-state index >= 15 is 0 Å². The summed E-state index contributed by atoms with van der Waals surface area (Å²) >= 11 is 0. The van der Waals surface area contributed by atoms with Gasteiger partial charge in [0.05, 0.1) is 24.7 Å². The van der Waals surface area contributed by atoms with Crippen molar-refractivity contribution < 1.29 is 5.11 Å². The van der Waals surface area contributed by atoms with Crippen LogP contribution in [0.2, 0.25) is 0 Å². The molecule has 0 aliphatic heterocycles. The lowest BCUT2D eigenvalue weighted by Gasteiger charge is -1.94. The molecule has 0 aliphatic carbocycles. The van der Waals surface area contributed by atoms with E-state index < -0.39 is 0 Å². The highest BCUT2D eigenvalue weighted by molar-refractivity contribution is 5.32. The first-order chi connectivity index (χ1) is 6.70. The SMILES string of the molecule is Cc1nn(C)cc1-n1cc(CO)nn1. The molecule has 2 rings (SSSR count). The Bertz CT molecular complexity index is 444. The first kappa shape index (κ1) is 8.89. The van der Waals surface area contributed by atoms with Gasteiger partial charge in [0.2, 0.25) is 0 Å². The van der Waals surface area contributed by atoms with Crippen LogP contribution in [0.4, 0.5) is 0 Å². The Morgan fingerprint density at radius 1 is 1.43 bits per heavy atom. The molecule has 0 fully saturated rings. The van der Waals surface area contributed by atoms with Crippen molar-refractivity contribution in [3.05, 3.63) is 23.8 Å². The highest BCUT2D eigenvalue weighted by Crippen LogP contribution is 2.10. The standard InChI is InChI=1S/C8H11N5O/c1-6-8(4-12(2)10-6)13-3-7(5-14)9-11-13/h3-4,14H,5H2,1-2H3. The fourth-order valence-corrected chi connectivity index (χ4v) is 1.30. The number of aryl methyl sites for hydroxylation is 2. The van der Waals surface area contributed by atoms with E-state index in [1.54, 1.807) is 15.6 Å². The minimum absolute atomic E-state index is 0.0979. The molecule has 0 amide bonds. The van der Waals surface area contributed by atoms with Gasteiger partial charge in [-0.25, -0.2) is 4.68 Å². The van der Waals surface area contributed by atoms with Gasteiger partial charge in [-0.15, -0.1) is 5.10 Å². The molecule has 2 heterocycles. The Morgan fingerprint density at radius 3 is 2.71 bits per heavy atom. The number of aliphatic hydroxyl groups excluding tert-OH is 1. The molecule has 0 spiro atoms. The Balaban J connectivity index is 2.43. The zero-order valence-electron chi connectivity index (χ0n) is 8.05. The van der Waals surface area contributed by atoms with E-state index in [0.29, 0.717) is 5.69 Å². The molecular weight excluding hydrogens is 182 g/mol. The zero-order valence-corrected chi connectivity index (χ0v) is 8.05. The van der Waals surface area contributed by atoms with Gasteiger partial charge in [0.15, 0.2) is 0 Å². The van der Waals surface area contributed by atoms with Crippen LogP contribution in [-0.4, -0.2) is 29.9 Å². The summed E-state index contributed by atoms with van der Waals surface area (Å²) in [4.78, 5) is 0. The van der Waals surface area contributed by atoms with Crippen molar-refractivity contribution >= 4 is 0 Å². The van der Waals surface area contributed by atoms with Gasteiger partial charge in [-0.3, -0.25) is 4.68 Å². The van der Waals surface area contributed by atoms with Crippen LogP contribution >= 0.6 is 0 Å². The Kier molecular flexibility index (Phi) is 2.05. The predicted octanol–water partition coefficient (Wildman–Crippen LogP) is -0.198. The fourth-order valence-electron chi connectivity index (χ4n) is 1.30. The van der Waals surface area contributed by atoms with E-state index in [1.807, 2.05) is 20.2 Å². The molecule has 0 bridgehead atoms. The van der Waals surface area contributed by atoms with Crippen molar-refractivity contribution in [2.75, 3.05) is 0 Å². The zero-order chi connectivity index (χ0) is 10.1. The average Bonchev–Trinajstić information content (AvgIpc) is 2.71. The summed E-state index contributed by atoms with van der Waals surface area (Å²) in [6.45, 7) is 1.80. The second-order valence-corrected chi connectivity index (χ2v) is 3.09. The van der Waals surface area contributed by atoms with Crippen LogP contribution in [-0.2, 0) is 13.7 Å². The van der Waals surface area contributed by atoms with E-state index in [4.69, 9.17) is 5.11 Å². The van der Waals surface area contributed by atoms with Crippen LogP contribution < -0.4 is 0 Å². The van der Waals surface area contributed by atoms with E-state index in [2.05, 4.69) is 15.4 Å². The van der Waals surface area contributed by atoms with Gasteiger partial charge < -0.3 is 5.11 Å². The van der Waals surface area contributed by atoms with Crippen molar-refractivity contribution in [2.24, 2.45) is 7.05 Å². The summed E-state index contributed by atoms with van der Waals surface area (Å²) < 4.78 is 3.32. The molecule has 2 aromatic rings. The third kappa shape index (κ3) is 1.39. The van der Waals surface area contributed by atoms with Gasteiger partial charge in [-0.2, -0.15) is 5.10 Å². The molecule has 74 valence electrons. The van der Waals surface area contributed by atoms with Crippen LogP contribution in [0.1, 0.15) is 11.4 Å². The van der Waals surface area contributed by atoms with Crippen molar-refractivity contribution in [3.63, 3.8) is 0 Å². The summed E-state index contributed by atoms with van der Waals surface area (Å²) in [5, 5.41) is 20.7. The first-order valence-corrected chi connectivity index (χ1v) is 4.23. The van der Waals surface area contributed by atoms with Gasteiger partial charge >= 0.3 is 0 Å². The highest BCUT2D eigenvalue weighted by atomic mass is 16.3. The van der Waals surface area contributed by atoms with Crippen LogP contribution in [0.15, 0.2) is 12.4 Å². The molecule has 0 saturated heterocycles. The molecule has 0 aliphatic rings. The highest BCUT2D eigenvalue weighted by Gasteiger charge is 2.07. The molecule has 0 unspecified atom stereocenters. The minimum atomic E-state index is -0.0979. The monoisotopic (exact) mass is 193 g/mol. The third-order valence-corrected chi connectivity index (χ3v) is 1.94. The number of rotatable bonds is 2. The number of hydrogen-bond acceptors (Lipinski definition) is 4. The van der Waals surface area contributed by atoms with Crippen LogP contribution in [0.25, 0.3) is 5.69 Å². The van der Waals surface area contributed by atoms with Crippen LogP contribution in [0.5, 0.6) is 0 Å². The average molecular weight is 193 g/mol. The smallest absolute Gasteiger partial charge is 0.109 e.